The highest BCUT2D eigenvalue weighted by Crippen LogP contribution is 2.43. The molecular weight excluding hydrogens is 220 g/mol. The molecule has 0 saturated heterocycles. The minimum Gasteiger partial charge on any atom is -0.493 e. The molecule has 1 heterocycles. The zero-order valence-electron chi connectivity index (χ0n) is 10.2. The average Bonchev–Trinajstić information content (AvgIpc) is 2.74. The Morgan fingerprint density at radius 1 is 1.41 bits per heavy atom. The molecule has 0 fully saturated rings. The van der Waals surface area contributed by atoms with E-state index in [1.807, 2.05) is 13.8 Å². The highest BCUT2D eigenvalue weighted by Gasteiger charge is 2.21. The van der Waals surface area contributed by atoms with Crippen molar-refractivity contribution in [2.75, 3.05) is 13.9 Å². The van der Waals surface area contributed by atoms with Crippen LogP contribution in [0.2, 0.25) is 0 Å². The van der Waals surface area contributed by atoms with Crippen LogP contribution < -0.4 is 14.2 Å². The van der Waals surface area contributed by atoms with E-state index in [4.69, 9.17) is 14.2 Å². The van der Waals surface area contributed by atoms with Gasteiger partial charge in [0.25, 0.3) is 0 Å². The lowest BCUT2D eigenvalue weighted by molar-refractivity contribution is 0.171. The van der Waals surface area contributed by atoms with Gasteiger partial charge in [-0.1, -0.05) is 11.6 Å². The predicted octanol–water partition coefficient (Wildman–Crippen LogP) is 2.42. The monoisotopic (exact) mass is 236 g/mol. The average molecular weight is 236 g/mol. The minimum atomic E-state index is -0.664. The van der Waals surface area contributed by atoms with E-state index in [0.29, 0.717) is 17.2 Å². The fraction of sp³-hybridized carbons (Fsp3) is 0.385. The maximum absolute atomic E-state index is 10.0. The SMILES string of the molecule is COc1cc(C(O)C=C(C)C)cc2c1OCO2. The molecule has 0 saturated carbocycles. The molecule has 0 aliphatic carbocycles. The van der Waals surface area contributed by atoms with Crippen LogP contribution in [0.1, 0.15) is 25.5 Å². The standard InChI is InChI=1S/C13H16O4/c1-8(2)4-10(14)9-5-11(15-3)13-12(6-9)16-7-17-13/h4-6,10,14H,7H2,1-3H3. The van der Waals surface area contributed by atoms with Crippen molar-refractivity contribution in [1.82, 2.24) is 0 Å². The number of ether oxygens (including phenoxy) is 3. The van der Waals surface area contributed by atoms with Crippen molar-refractivity contribution in [2.24, 2.45) is 0 Å². The summed E-state index contributed by atoms with van der Waals surface area (Å²) in [7, 11) is 1.56. The summed E-state index contributed by atoms with van der Waals surface area (Å²) >= 11 is 0. The summed E-state index contributed by atoms with van der Waals surface area (Å²) in [5, 5.41) is 10.0. The van der Waals surface area contributed by atoms with Gasteiger partial charge >= 0.3 is 0 Å². The summed E-state index contributed by atoms with van der Waals surface area (Å²) in [6.07, 6.45) is 1.11. The van der Waals surface area contributed by atoms with E-state index >= 15 is 0 Å². The van der Waals surface area contributed by atoms with Crippen molar-refractivity contribution in [3.05, 3.63) is 29.3 Å². The van der Waals surface area contributed by atoms with Gasteiger partial charge in [-0.25, -0.2) is 0 Å². The molecule has 1 unspecified atom stereocenters. The van der Waals surface area contributed by atoms with E-state index < -0.39 is 6.10 Å². The van der Waals surface area contributed by atoms with Crippen LogP contribution in [0.3, 0.4) is 0 Å². The van der Waals surface area contributed by atoms with Gasteiger partial charge in [0.1, 0.15) is 0 Å². The quantitative estimate of drug-likeness (QED) is 0.819. The fourth-order valence-electron chi connectivity index (χ4n) is 1.73. The molecule has 2 rings (SSSR count). The summed E-state index contributed by atoms with van der Waals surface area (Å²) in [5.74, 6) is 1.79. The number of methoxy groups -OCH3 is 1. The first-order valence-corrected chi connectivity index (χ1v) is 5.42. The maximum atomic E-state index is 10.0. The molecule has 1 aliphatic rings. The van der Waals surface area contributed by atoms with Crippen LogP contribution in [-0.2, 0) is 0 Å². The molecule has 4 nitrogen and oxygen atoms in total. The van der Waals surface area contributed by atoms with Crippen molar-refractivity contribution in [3.8, 4) is 17.2 Å². The molecule has 1 atom stereocenters. The van der Waals surface area contributed by atoms with E-state index in [1.54, 1.807) is 25.3 Å². The third kappa shape index (κ3) is 2.36. The molecule has 1 aromatic rings. The van der Waals surface area contributed by atoms with Gasteiger partial charge in [-0.3, -0.25) is 0 Å². The lowest BCUT2D eigenvalue weighted by atomic mass is 10.1. The second-order valence-electron chi connectivity index (χ2n) is 4.15. The Hall–Kier alpha value is -1.68. The summed E-state index contributed by atoms with van der Waals surface area (Å²) in [4.78, 5) is 0. The molecule has 0 amide bonds. The Kier molecular flexibility index (Phi) is 3.24. The molecule has 1 N–H and O–H groups in total. The van der Waals surface area contributed by atoms with Crippen LogP contribution in [0.4, 0.5) is 0 Å². The highest BCUT2D eigenvalue weighted by molar-refractivity contribution is 5.55. The third-order valence-electron chi connectivity index (χ3n) is 2.51. The van der Waals surface area contributed by atoms with Gasteiger partial charge in [-0.2, -0.15) is 0 Å². The number of hydrogen-bond donors (Lipinski definition) is 1. The Bertz CT molecular complexity index is 447. The van der Waals surface area contributed by atoms with E-state index in [-0.39, 0.29) is 6.79 Å². The molecule has 0 bridgehead atoms. The second-order valence-corrected chi connectivity index (χ2v) is 4.15. The summed E-state index contributed by atoms with van der Waals surface area (Å²) in [6, 6.07) is 3.53. The van der Waals surface area contributed by atoms with Gasteiger partial charge in [0.05, 0.1) is 13.2 Å². The highest BCUT2D eigenvalue weighted by atomic mass is 16.7. The topological polar surface area (TPSA) is 47.9 Å². The number of aliphatic hydroxyl groups excluding tert-OH is 1. The molecular formula is C13H16O4. The molecule has 1 aromatic carbocycles. The fourth-order valence-corrected chi connectivity index (χ4v) is 1.73. The van der Waals surface area contributed by atoms with E-state index in [0.717, 1.165) is 11.1 Å². The Morgan fingerprint density at radius 2 is 2.18 bits per heavy atom. The Morgan fingerprint density at radius 3 is 2.82 bits per heavy atom. The molecule has 92 valence electrons. The van der Waals surface area contributed by atoms with Gasteiger partial charge < -0.3 is 19.3 Å². The van der Waals surface area contributed by atoms with Crippen molar-refractivity contribution < 1.29 is 19.3 Å². The van der Waals surface area contributed by atoms with Crippen molar-refractivity contribution in [2.45, 2.75) is 20.0 Å². The van der Waals surface area contributed by atoms with Crippen LogP contribution in [0, 0.1) is 0 Å². The number of allylic oxidation sites excluding steroid dienone is 1. The first kappa shape index (κ1) is 11.8. The van der Waals surface area contributed by atoms with Crippen LogP contribution in [0.25, 0.3) is 0 Å². The van der Waals surface area contributed by atoms with Gasteiger partial charge in [0, 0.05) is 0 Å². The van der Waals surface area contributed by atoms with Gasteiger partial charge in [0.15, 0.2) is 11.5 Å². The van der Waals surface area contributed by atoms with E-state index in [1.165, 1.54) is 0 Å². The van der Waals surface area contributed by atoms with Gasteiger partial charge in [-0.05, 0) is 31.5 Å². The maximum Gasteiger partial charge on any atom is 0.231 e. The first-order chi connectivity index (χ1) is 8.11. The Balaban J connectivity index is 2.40. The number of aliphatic hydroxyl groups is 1. The zero-order chi connectivity index (χ0) is 12.4. The summed E-state index contributed by atoms with van der Waals surface area (Å²) in [5.41, 5.74) is 1.78. The van der Waals surface area contributed by atoms with Crippen molar-refractivity contribution >= 4 is 0 Å². The predicted molar refractivity (Wildman–Crippen MR) is 63.5 cm³/mol. The normalized spacial score (nSPS) is 14.4. The lowest BCUT2D eigenvalue weighted by Gasteiger charge is -2.11. The molecule has 1 aliphatic heterocycles. The van der Waals surface area contributed by atoms with Gasteiger partial charge in [0.2, 0.25) is 12.5 Å². The van der Waals surface area contributed by atoms with Crippen LogP contribution >= 0.6 is 0 Å². The molecule has 0 aromatic heterocycles. The van der Waals surface area contributed by atoms with Crippen LogP contribution in [-0.4, -0.2) is 19.0 Å². The first-order valence-electron chi connectivity index (χ1n) is 5.42. The second kappa shape index (κ2) is 4.67. The lowest BCUT2D eigenvalue weighted by Crippen LogP contribution is -1.96. The summed E-state index contributed by atoms with van der Waals surface area (Å²) < 4.78 is 15.8. The minimum absolute atomic E-state index is 0.188. The molecule has 4 heteroatoms. The number of fused-ring (bicyclic) bond motifs is 1. The third-order valence-corrected chi connectivity index (χ3v) is 2.51. The summed E-state index contributed by atoms with van der Waals surface area (Å²) in [6.45, 7) is 4.06. The van der Waals surface area contributed by atoms with E-state index in [2.05, 4.69) is 0 Å². The number of rotatable bonds is 3. The van der Waals surface area contributed by atoms with Crippen LogP contribution in [0.15, 0.2) is 23.8 Å². The van der Waals surface area contributed by atoms with Gasteiger partial charge in [-0.15, -0.1) is 0 Å². The largest absolute Gasteiger partial charge is 0.493 e. The van der Waals surface area contributed by atoms with E-state index in [9.17, 15) is 5.11 Å². The molecule has 0 radical (unpaired) electrons. The number of hydrogen-bond acceptors (Lipinski definition) is 4. The smallest absolute Gasteiger partial charge is 0.231 e. The van der Waals surface area contributed by atoms with Crippen molar-refractivity contribution in [1.29, 1.82) is 0 Å². The van der Waals surface area contributed by atoms with Crippen LogP contribution in [0.5, 0.6) is 17.2 Å². The zero-order valence-corrected chi connectivity index (χ0v) is 10.2. The Labute approximate surface area is 100 Å². The number of benzene rings is 1. The van der Waals surface area contributed by atoms with Crippen molar-refractivity contribution in [3.63, 3.8) is 0 Å². The molecule has 0 spiro atoms. The molecule has 17 heavy (non-hydrogen) atoms.